The molecule has 0 aliphatic heterocycles. The maximum Gasteiger partial charge on any atom is 0.231 e. The number of hydrogen-bond acceptors (Lipinski definition) is 7. The Hall–Kier alpha value is -2.55. The lowest BCUT2D eigenvalue weighted by Crippen LogP contribution is -2.14. The molecule has 1 aromatic carbocycles. The summed E-state index contributed by atoms with van der Waals surface area (Å²) in [5.41, 5.74) is 0. The predicted octanol–water partition coefficient (Wildman–Crippen LogP) is 1.35. The Morgan fingerprint density at radius 3 is 2.17 bits per heavy atom. The van der Waals surface area contributed by atoms with Gasteiger partial charge in [0.25, 0.3) is 0 Å². The molecular weight excluding hydrogens is 320 g/mol. The molecule has 0 amide bonds. The van der Waals surface area contributed by atoms with Crippen LogP contribution in [0.1, 0.15) is 0 Å². The molecule has 0 bridgehead atoms. The van der Waals surface area contributed by atoms with E-state index < -0.39 is 10.0 Å². The van der Waals surface area contributed by atoms with Crippen LogP contribution in [0.5, 0.6) is 11.5 Å². The molecule has 0 fully saturated rings. The molecule has 0 saturated carbocycles. The lowest BCUT2D eigenvalue weighted by Gasteiger charge is -2.08. The van der Waals surface area contributed by atoms with Crippen molar-refractivity contribution < 1.29 is 17.9 Å². The number of hydrogen-bond donors (Lipinski definition) is 2. The number of ether oxygens (including phenoxy) is 2. The van der Waals surface area contributed by atoms with Gasteiger partial charge in [-0.25, -0.2) is 8.42 Å². The number of nitrogens with one attached hydrogen (secondary N) is 2. The van der Waals surface area contributed by atoms with E-state index >= 15 is 0 Å². The Labute approximate surface area is 134 Å². The Kier molecular flexibility index (Phi) is 5.58. The van der Waals surface area contributed by atoms with Crippen molar-refractivity contribution in [2.45, 2.75) is 0 Å². The Balaban J connectivity index is 1.75. The fourth-order valence-corrected chi connectivity index (χ4v) is 2.18. The Morgan fingerprint density at radius 2 is 1.61 bits per heavy atom. The molecule has 0 atom stereocenters. The molecule has 9 heteroatoms. The minimum atomic E-state index is -3.35. The molecule has 1 heterocycles. The van der Waals surface area contributed by atoms with Gasteiger partial charge < -0.3 is 14.8 Å². The first kappa shape index (κ1) is 16.8. The number of rotatable bonds is 8. The van der Waals surface area contributed by atoms with Gasteiger partial charge in [0.1, 0.15) is 23.9 Å². The van der Waals surface area contributed by atoms with E-state index in [-0.39, 0.29) is 5.82 Å². The average molecular weight is 338 g/mol. The van der Waals surface area contributed by atoms with Crippen molar-refractivity contribution in [2.24, 2.45) is 0 Å². The third kappa shape index (κ3) is 5.99. The van der Waals surface area contributed by atoms with Gasteiger partial charge in [-0.05, 0) is 36.4 Å². The maximum atomic E-state index is 11.1. The van der Waals surface area contributed by atoms with E-state index in [4.69, 9.17) is 9.47 Å². The van der Waals surface area contributed by atoms with Gasteiger partial charge >= 0.3 is 0 Å². The zero-order valence-electron chi connectivity index (χ0n) is 12.8. The van der Waals surface area contributed by atoms with Crippen molar-refractivity contribution in [1.82, 2.24) is 10.2 Å². The van der Waals surface area contributed by atoms with E-state index in [0.29, 0.717) is 19.0 Å². The van der Waals surface area contributed by atoms with Gasteiger partial charge in [-0.3, -0.25) is 4.72 Å². The van der Waals surface area contributed by atoms with E-state index in [0.717, 1.165) is 17.8 Å². The topological polar surface area (TPSA) is 102 Å². The molecule has 2 aromatic rings. The minimum Gasteiger partial charge on any atom is -0.497 e. The third-order valence-electron chi connectivity index (χ3n) is 2.69. The zero-order chi connectivity index (χ0) is 16.7. The lowest BCUT2D eigenvalue weighted by molar-refractivity contribution is 0.331. The van der Waals surface area contributed by atoms with Crippen molar-refractivity contribution in [3.63, 3.8) is 0 Å². The second kappa shape index (κ2) is 7.63. The first-order valence-corrected chi connectivity index (χ1v) is 8.68. The van der Waals surface area contributed by atoms with Crippen LogP contribution in [0.2, 0.25) is 0 Å². The van der Waals surface area contributed by atoms with Gasteiger partial charge in [0, 0.05) is 0 Å². The molecular formula is C14H18N4O4S. The predicted molar refractivity (Wildman–Crippen MR) is 87.5 cm³/mol. The van der Waals surface area contributed by atoms with Crippen molar-refractivity contribution in [3.8, 4) is 11.5 Å². The van der Waals surface area contributed by atoms with Crippen LogP contribution < -0.4 is 19.5 Å². The van der Waals surface area contributed by atoms with Crippen molar-refractivity contribution in [2.75, 3.05) is 36.6 Å². The summed E-state index contributed by atoms with van der Waals surface area (Å²) in [6.07, 6.45) is 1.05. The highest BCUT2D eigenvalue weighted by molar-refractivity contribution is 7.92. The Bertz CT molecular complexity index is 717. The maximum absolute atomic E-state index is 11.1. The highest BCUT2D eigenvalue weighted by Gasteiger charge is 2.03. The highest BCUT2D eigenvalue weighted by atomic mass is 32.2. The molecule has 1 aromatic heterocycles. The number of sulfonamides is 1. The van der Waals surface area contributed by atoms with Gasteiger partial charge in [0.2, 0.25) is 10.0 Å². The first-order chi connectivity index (χ1) is 11.0. The van der Waals surface area contributed by atoms with E-state index in [2.05, 4.69) is 20.2 Å². The number of methoxy groups -OCH3 is 1. The second-order valence-electron chi connectivity index (χ2n) is 4.63. The summed E-state index contributed by atoms with van der Waals surface area (Å²) in [5, 5.41) is 10.7. The molecule has 8 nitrogen and oxygen atoms in total. The van der Waals surface area contributed by atoms with Crippen molar-refractivity contribution >= 4 is 21.7 Å². The van der Waals surface area contributed by atoms with Gasteiger partial charge in [-0.1, -0.05) is 0 Å². The van der Waals surface area contributed by atoms with E-state index in [1.165, 1.54) is 6.07 Å². The molecule has 0 spiro atoms. The second-order valence-corrected chi connectivity index (χ2v) is 6.38. The largest absolute Gasteiger partial charge is 0.497 e. The lowest BCUT2D eigenvalue weighted by atomic mass is 10.3. The van der Waals surface area contributed by atoms with Gasteiger partial charge in [0.05, 0.1) is 19.9 Å². The summed E-state index contributed by atoms with van der Waals surface area (Å²) < 4.78 is 35.0. The molecule has 2 N–H and O–H groups in total. The molecule has 23 heavy (non-hydrogen) atoms. The minimum absolute atomic E-state index is 0.174. The number of benzene rings is 1. The smallest absolute Gasteiger partial charge is 0.231 e. The van der Waals surface area contributed by atoms with Crippen LogP contribution in [0, 0.1) is 0 Å². The van der Waals surface area contributed by atoms with Crippen molar-refractivity contribution in [1.29, 1.82) is 0 Å². The van der Waals surface area contributed by atoms with Crippen LogP contribution in [-0.2, 0) is 10.0 Å². The summed E-state index contributed by atoms with van der Waals surface area (Å²) in [6.45, 7) is 0.969. The van der Waals surface area contributed by atoms with E-state index in [1.807, 2.05) is 24.3 Å². The van der Waals surface area contributed by atoms with Crippen LogP contribution in [-0.4, -0.2) is 45.1 Å². The molecule has 0 radical (unpaired) electrons. The highest BCUT2D eigenvalue weighted by Crippen LogP contribution is 2.16. The van der Waals surface area contributed by atoms with Crippen molar-refractivity contribution in [3.05, 3.63) is 36.4 Å². The van der Waals surface area contributed by atoms with Gasteiger partial charge in [-0.2, -0.15) is 0 Å². The summed E-state index contributed by atoms with van der Waals surface area (Å²) in [5.74, 6) is 2.22. The van der Waals surface area contributed by atoms with E-state index in [1.54, 1.807) is 13.2 Å². The van der Waals surface area contributed by atoms with Crippen LogP contribution >= 0.6 is 0 Å². The Morgan fingerprint density at radius 1 is 1.00 bits per heavy atom. The van der Waals surface area contributed by atoms with Crippen LogP contribution in [0.25, 0.3) is 0 Å². The summed E-state index contributed by atoms with van der Waals surface area (Å²) in [7, 11) is -1.74. The quantitative estimate of drug-likeness (QED) is 0.700. The molecule has 2 rings (SSSR count). The number of aromatic nitrogens is 2. The van der Waals surface area contributed by atoms with Crippen LogP contribution in [0.15, 0.2) is 36.4 Å². The SMILES string of the molecule is COc1ccc(OCCNc2ccc(NS(C)(=O)=O)nn2)cc1. The molecule has 124 valence electrons. The monoisotopic (exact) mass is 338 g/mol. The standard InChI is InChI=1S/C14H18N4O4S/c1-21-11-3-5-12(6-4-11)22-10-9-15-13-7-8-14(17-16-13)18-23(2,19)20/h3-8H,9-10H2,1-2H3,(H,15,16)(H,17,18). The van der Waals surface area contributed by atoms with Gasteiger partial charge in [-0.15, -0.1) is 10.2 Å². The number of nitrogens with zero attached hydrogens (tertiary/aromatic N) is 2. The molecule has 0 aliphatic rings. The summed E-state index contributed by atoms with van der Waals surface area (Å²) >= 11 is 0. The summed E-state index contributed by atoms with van der Waals surface area (Å²) in [6, 6.07) is 10.5. The first-order valence-electron chi connectivity index (χ1n) is 6.78. The normalized spacial score (nSPS) is 10.9. The van der Waals surface area contributed by atoms with Crippen LogP contribution in [0.4, 0.5) is 11.6 Å². The summed E-state index contributed by atoms with van der Waals surface area (Å²) in [4.78, 5) is 0. The zero-order valence-corrected chi connectivity index (χ0v) is 13.6. The van der Waals surface area contributed by atoms with Crippen LogP contribution in [0.3, 0.4) is 0 Å². The van der Waals surface area contributed by atoms with E-state index in [9.17, 15) is 8.42 Å². The third-order valence-corrected chi connectivity index (χ3v) is 3.27. The fraction of sp³-hybridized carbons (Fsp3) is 0.286. The molecule has 0 unspecified atom stereocenters. The molecule has 0 aliphatic carbocycles. The number of anilines is 2. The fourth-order valence-electron chi connectivity index (χ4n) is 1.69. The van der Waals surface area contributed by atoms with Gasteiger partial charge in [0.15, 0.2) is 5.82 Å². The average Bonchev–Trinajstić information content (AvgIpc) is 2.52. The molecule has 0 saturated heterocycles.